The van der Waals surface area contributed by atoms with Crippen molar-refractivity contribution in [3.63, 3.8) is 0 Å². The van der Waals surface area contributed by atoms with Crippen molar-refractivity contribution in [1.29, 1.82) is 0 Å². The van der Waals surface area contributed by atoms with Crippen molar-refractivity contribution in [1.82, 2.24) is 29.2 Å². The fourth-order valence-electron chi connectivity index (χ4n) is 5.27. The summed E-state index contributed by atoms with van der Waals surface area (Å²) in [7, 11) is 1.86. The maximum atomic E-state index is 13.5. The van der Waals surface area contributed by atoms with Crippen molar-refractivity contribution < 1.29 is 9.53 Å². The number of aryl methyl sites for hydroxylation is 2. The number of aromatic nitrogens is 5. The number of imidazole rings is 1. The molecule has 0 saturated carbocycles. The first kappa shape index (κ1) is 21.8. The Kier molecular flexibility index (Phi) is 5.49. The average Bonchev–Trinajstić information content (AvgIpc) is 3.30. The van der Waals surface area contributed by atoms with Gasteiger partial charge in [0.25, 0.3) is 5.91 Å². The molecule has 6 rings (SSSR count). The molecule has 5 heterocycles. The Labute approximate surface area is 203 Å². The lowest BCUT2D eigenvalue weighted by Gasteiger charge is -2.26. The Morgan fingerprint density at radius 3 is 2.91 bits per heavy atom. The summed E-state index contributed by atoms with van der Waals surface area (Å²) < 4.78 is 10.2. The number of rotatable bonds is 0. The molecule has 35 heavy (non-hydrogen) atoms. The van der Waals surface area contributed by atoms with Crippen LogP contribution in [0.25, 0.3) is 22.3 Å². The van der Waals surface area contributed by atoms with Crippen LogP contribution in [0, 0.1) is 6.92 Å². The SMILES string of the molecule is Cc1cc2cc(n1)-c1cnn(C)c1OCCN1CCCCC(C1)n1c(nc3ccccc31)NC2=O. The molecule has 180 valence electrons. The van der Waals surface area contributed by atoms with Gasteiger partial charge in [-0.1, -0.05) is 18.6 Å². The van der Waals surface area contributed by atoms with Crippen molar-refractivity contribution in [3.05, 3.63) is 53.9 Å². The van der Waals surface area contributed by atoms with Crippen LogP contribution in [0.15, 0.2) is 42.6 Å². The number of nitrogens with one attached hydrogen (secondary N) is 1. The molecule has 2 aliphatic rings. The molecule has 1 aromatic carbocycles. The molecule has 3 aromatic heterocycles. The second kappa shape index (κ2) is 8.81. The van der Waals surface area contributed by atoms with E-state index in [1.165, 1.54) is 0 Å². The zero-order chi connectivity index (χ0) is 23.9. The molecule has 0 aliphatic carbocycles. The number of nitrogens with zero attached hydrogens (tertiary/aromatic N) is 6. The van der Waals surface area contributed by atoms with Crippen molar-refractivity contribution in [2.24, 2.45) is 7.05 Å². The van der Waals surface area contributed by atoms with Gasteiger partial charge in [0.15, 0.2) is 0 Å². The maximum Gasteiger partial charge on any atom is 0.258 e. The van der Waals surface area contributed by atoms with Crippen LogP contribution in [0.4, 0.5) is 5.95 Å². The van der Waals surface area contributed by atoms with E-state index in [1.807, 2.05) is 32.2 Å². The minimum atomic E-state index is -0.208. The van der Waals surface area contributed by atoms with Gasteiger partial charge in [0.05, 0.1) is 28.5 Å². The highest BCUT2D eigenvalue weighted by molar-refractivity contribution is 6.04. The van der Waals surface area contributed by atoms with E-state index >= 15 is 0 Å². The van der Waals surface area contributed by atoms with Gasteiger partial charge in [0, 0.05) is 37.4 Å². The Balaban J connectivity index is 1.50. The summed E-state index contributed by atoms with van der Waals surface area (Å²) >= 11 is 0. The zero-order valence-corrected chi connectivity index (χ0v) is 20.1. The fourth-order valence-corrected chi connectivity index (χ4v) is 5.27. The van der Waals surface area contributed by atoms with E-state index in [0.717, 1.165) is 61.2 Å². The summed E-state index contributed by atoms with van der Waals surface area (Å²) in [5.74, 6) is 1.04. The smallest absolute Gasteiger partial charge is 0.258 e. The molecule has 1 amide bonds. The summed E-state index contributed by atoms with van der Waals surface area (Å²) in [4.78, 5) is 25.5. The first-order chi connectivity index (χ1) is 17.1. The third kappa shape index (κ3) is 4.05. The van der Waals surface area contributed by atoms with Gasteiger partial charge in [0.2, 0.25) is 11.8 Å². The van der Waals surface area contributed by atoms with Crippen molar-refractivity contribution in [3.8, 4) is 17.1 Å². The van der Waals surface area contributed by atoms with Gasteiger partial charge in [-0.15, -0.1) is 0 Å². The zero-order valence-electron chi connectivity index (χ0n) is 20.1. The highest BCUT2D eigenvalue weighted by Crippen LogP contribution is 2.32. The monoisotopic (exact) mass is 471 g/mol. The number of ether oxygens (including phenoxy) is 1. The van der Waals surface area contributed by atoms with Crippen LogP contribution in [-0.4, -0.2) is 61.4 Å². The Morgan fingerprint density at radius 2 is 2.00 bits per heavy atom. The van der Waals surface area contributed by atoms with Gasteiger partial charge in [-0.3, -0.25) is 20.0 Å². The molecule has 4 aromatic rings. The molecule has 4 bridgehead atoms. The normalized spacial score (nSPS) is 20.6. The van der Waals surface area contributed by atoms with Gasteiger partial charge in [-0.25, -0.2) is 9.67 Å². The fraction of sp³-hybridized carbons (Fsp3) is 0.385. The first-order valence-electron chi connectivity index (χ1n) is 12.2. The molecule has 0 radical (unpaired) electrons. The van der Waals surface area contributed by atoms with Crippen LogP contribution in [0.3, 0.4) is 0 Å². The molecule has 2 unspecified atom stereocenters. The number of pyridine rings is 1. The van der Waals surface area contributed by atoms with Crippen molar-refractivity contribution in [2.75, 3.05) is 31.6 Å². The largest absolute Gasteiger partial charge is 0.476 e. The molecular weight excluding hydrogens is 442 g/mol. The maximum absolute atomic E-state index is 13.5. The minimum absolute atomic E-state index is 0.201. The van der Waals surface area contributed by atoms with Gasteiger partial charge in [-0.05, 0) is 50.6 Å². The molecule has 1 N–H and O–H groups in total. The Bertz CT molecular complexity index is 1410. The number of hydrogen-bond donors (Lipinski definition) is 1. The summed E-state index contributed by atoms with van der Waals surface area (Å²) in [5.41, 5.74) is 4.64. The van der Waals surface area contributed by atoms with Crippen LogP contribution >= 0.6 is 0 Å². The lowest BCUT2D eigenvalue weighted by Crippen LogP contribution is -2.33. The van der Waals surface area contributed by atoms with E-state index in [2.05, 4.69) is 30.9 Å². The predicted octanol–water partition coefficient (Wildman–Crippen LogP) is 3.81. The number of benzene rings is 1. The van der Waals surface area contributed by atoms with Crippen LogP contribution in [0.2, 0.25) is 0 Å². The van der Waals surface area contributed by atoms with Gasteiger partial charge >= 0.3 is 0 Å². The highest BCUT2D eigenvalue weighted by atomic mass is 16.5. The number of carbonyl (C=O) groups excluding carboxylic acids is 1. The first-order valence-corrected chi connectivity index (χ1v) is 12.2. The Morgan fingerprint density at radius 1 is 1.11 bits per heavy atom. The molecule has 1 saturated heterocycles. The second-order valence-corrected chi connectivity index (χ2v) is 9.42. The third-order valence-corrected chi connectivity index (χ3v) is 6.94. The van der Waals surface area contributed by atoms with Crippen LogP contribution < -0.4 is 10.1 Å². The molecule has 9 heteroatoms. The van der Waals surface area contributed by atoms with E-state index in [9.17, 15) is 4.79 Å². The standard InChI is InChI=1S/C26H29N7O2/c1-17-13-18-14-22(28-17)20-15-27-31(2)25(20)35-12-11-32-10-6-5-7-19(16-32)33-23-9-4-3-8-21(23)29-26(33)30-24(18)34/h3-4,8-9,13-15,19H,5-7,10-12,16H2,1-2H3,(H,29,30,34). The lowest BCUT2D eigenvalue weighted by molar-refractivity contribution is 0.102. The quantitative estimate of drug-likeness (QED) is 0.419. The number of amides is 1. The van der Waals surface area contributed by atoms with E-state index in [0.29, 0.717) is 29.7 Å². The number of carbonyl (C=O) groups is 1. The number of hydrogen-bond acceptors (Lipinski definition) is 6. The molecule has 2 aliphatic heterocycles. The van der Waals surface area contributed by atoms with Gasteiger partial charge in [-0.2, -0.15) is 5.10 Å². The van der Waals surface area contributed by atoms with Crippen LogP contribution in [0.5, 0.6) is 5.88 Å². The van der Waals surface area contributed by atoms with Crippen molar-refractivity contribution in [2.45, 2.75) is 32.2 Å². The summed E-state index contributed by atoms with van der Waals surface area (Å²) in [5, 5.41) is 7.52. The van der Waals surface area contributed by atoms with E-state index in [1.54, 1.807) is 23.0 Å². The van der Waals surface area contributed by atoms with E-state index < -0.39 is 0 Å². The molecule has 2 atom stereocenters. The highest BCUT2D eigenvalue weighted by Gasteiger charge is 2.26. The topological polar surface area (TPSA) is 90.1 Å². The molecule has 1 fully saturated rings. The number of fused-ring (bicyclic) bond motifs is 10. The molecular formula is C26H29N7O2. The molecule has 9 nitrogen and oxygen atoms in total. The Hall–Kier alpha value is -3.72. The van der Waals surface area contributed by atoms with E-state index in [-0.39, 0.29) is 11.9 Å². The molecule has 0 spiro atoms. The second-order valence-electron chi connectivity index (χ2n) is 9.42. The summed E-state index contributed by atoms with van der Waals surface area (Å²) in [6.45, 7) is 5.14. The van der Waals surface area contributed by atoms with Gasteiger partial charge < -0.3 is 9.30 Å². The van der Waals surface area contributed by atoms with Gasteiger partial charge in [0.1, 0.15) is 6.61 Å². The third-order valence-electron chi connectivity index (χ3n) is 6.94. The summed E-state index contributed by atoms with van der Waals surface area (Å²) in [6.07, 6.45) is 5.04. The lowest BCUT2D eigenvalue weighted by atomic mass is 10.1. The van der Waals surface area contributed by atoms with Crippen LogP contribution in [-0.2, 0) is 7.05 Å². The number of anilines is 1. The minimum Gasteiger partial charge on any atom is -0.476 e. The average molecular weight is 472 g/mol. The number of para-hydroxylation sites is 2. The van der Waals surface area contributed by atoms with Crippen molar-refractivity contribution >= 4 is 22.9 Å². The summed E-state index contributed by atoms with van der Waals surface area (Å²) in [6, 6.07) is 11.9. The van der Waals surface area contributed by atoms with E-state index in [4.69, 9.17) is 9.72 Å². The predicted molar refractivity (Wildman–Crippen MR) is 134 cm³/mol. The van der Waals surface area contributed by atoms with Crippen LogP contribution in [0.1, 0.15) is 41.4 Å².